The van der Waals surface area contributed by atoms with E-state index in [-0.39, 0.29) is 6.04 Å². The first kappa shape index (κ1) is 13.7. The number of rotatable bonds is 4. The molecule has 3 nitrogen and oxygen atoms in total. The maximum absolute atomic E-state index is 11.9. The summed E-state index contributed by atoms with van der Waals surface area (Å²) in [5, 5.41) is 2.44. The smallest absolute Gasteiger partial charge is 0.380 e. The summed E-state index contributed by atoms with van der Waals surface area (Å²) in [7, 11) is 0. The number of alkyl halides is 3. The fraction of sp³-hybridized carbons (Fsp3) is 1.00. The molecule has 0 radical (unpaired) electrons. The highest BCUT2D eigenvalue weighted by Crippen LogP contribution is 2.12. The molecule has 1 atom stereocenters. The Morgan fingerprint density at radius 2 is 2.06 bits per heavy atom. The first-order valence-corrected chi connectivity index (χ1v) is 5.58. The standard InChI is InChI=1S/C10H19F3N2O/c1-9(7-14-8-10(11,12)13)15-3-2-5-16-6-4-15/h9,14H,2-8H2,1H3. The van der Waals surface area contributed by atoms with E-state index >= 15 is 0 Å². The fourth-order valence-corrected chi connectivity index (χ4v) is 1.76. The van der Waals surface area contributed by atoms with Crippen molar-refractivity contribution in [2.24, 2.45) is 0 Å². The predicted octanol–water partition coefficient (Wildman–Crippen LogP) is 1.25. The van der Waals surface area contributed by atoms with Crippen molar-refractivity contribution in [3.05, 3.63) is 0 Å². The van der Waals surface area contributed by atoms with Gasteiger partial charge in [0, 0.05) is 32.3 Å². The summed E-state index contributed by atoms with van der Waals surface area (Å²) in [5.41, 5.74) is 0. The van der Waals surface area contributed by atoms with Crippen LogP contribution in [-0.2, 0) is 4.74 Å². The van der Waals surface area contributed by atoms with Crippen LogP contribution >= 0.6 is 0 Å². The van der Waals surface area contributed by atoms with E-state index < -0.39 is 12.7 Å². The maximum atomic E-state index is 11.9. The Kier molecular flexibility index (Phi) is 5.51. The highest BCUT2D eigenvalue weighted by Gasteiger charge is 2.27. The average molecular weight is 240 g/mol. The van der Waals surface area contributed by atoms with Gasteiger partial charge in [-0.3, -0.25) is 4.90 Å². The molecule has 1 aliphatic heterocycles. The van der Waals surface area contributed by atoms with Gasteiger partial charge in [0.1, 0.15) is 0 Å². The molecule has 1 rings (SSSR count). The van der Waals surface area contributed by atoms with Gasteiger partial charge in [-0.05, 0) is 13.3 Å². The molecule has 0 spiro atoms. The normalized spacial score (nSPS) is 21.8. The Labute approximate surface area is 93.9 Å². The second-order valence-corrected chi connectivity index (χ2v) is 4.10. The fourth-order valence-electron chi connectivity index (χ4n) is 1.76. The third kappa shape index (κ3) is 5.67. The average Bonchev–Trinajstić information content (AvgIpc) is 2.43. The van der Waals surface area contributed by atoms with Gasteiger partial charge >= 0.3 is 6.18 Å². The maximum Gasteiger partial charge on any atom is 0.401 e. The van der Waals surface area contributed by atoms with Gasteiger partial charge in [0.2, 0.25) is 0 Å². The van der Waals surface area contributed by atoms with Crippen molar-refractivity contribution in [2.45, 2.75) is 25.6 Å². The third-order valence-corrected chi connectivity index (χ3v) is 2.65. The van der Waals surface area contributed by atoms with Crippen molar-refractivity contribution in [3.8, 4) is 0 Å². The summed E-state index contributed by atoms with van der Waals surface area (Å²) >= 11 is 0. The molecular weight excluding hydrogens is 221 g/mol. The molecule has 1 fully saturated rings. The lowest BCUT2D eigenvalue weighted by atomic mass is 10.2. The number of halogens is 3. The van der Waals surface area contributed by atoms with E-state index in [2.05, 4.69) is 10.2 Å². The molecule has 0 aliphatic carbocycles. The second-order valence-electron chi connectivity index (χ2n) is 4.10. The van der Waals surface area contributed by atoms with Gasteiger partial charge in [0.15, 0.2) is 0 Å². The quantitative estimate of drug-likeness (QED) is 0.800. The van der Waals surface area contributed by atoms with E-state index in [9.17, 15) is 13.2 Å². The molecule has 6 heteroatoms. The summed E-state index contributed by atoms with van der Waals surface area (Å²) in [6.45, 7) is 4.50. The minimum Gasteiger partial charge on any atom is -0.380 e. The van der Waals surface area contributed by atoms with Crippen LogP contribution in [0.3, 0.4) is 0 Å². The van der Waals surface area contributed by atoms with E-state index in [0.717, 1.165) is 26.1 Å². The molecule has 1 aliphatic rings. The summed E-state index contributed by atoms with van der Waals surface area (Å²) in [4.78, 5) is 2.16. The van der Waals surface area contributed by atoms with Crippen LogP contribution in [0.25, 0.3) is 0 Å². The molecular formula is C10H19F3N2O. The Morgan fingerprint density at radius 3 is 2.75 bits per heavy atom. The van der Waals surface area contributed by atoms with E-state index in [1.165, 1.54) is 0 Å². The van der Waals surface area contributed by atoms with Crippen molar-refractivity contribution in [2.75, 3.05) is 39.4 Å². The molecule has 0 amide bonds. The van der Waals surface area contributed by atoms with Gasteiger partial charge in [0.25, 0.3) is 0 Å². The van der Waals surface area contributed by atoms with Gasteiger partial charge in [0.05, 0.1) is 13.2 Å². The zero-order valence-corrected chi connectivity index (χ0v) is 9.52. The van der Waals surface area contributed by atoms with Crippen LogP contribution in [0.4, 0.5) is 13.2 Å². The Morgan fingerprint density at radius 1 is 1.31 bits per heavy atom. The van der Waals surface area contributed by atoms with Crippen LogP contribution in [-0.4, -0.2) is 56.5 Å². The number of hydrogen-bond acceptors (Lipinski definition) is 3. The Bertz CT molecular complexity index is 191. The molecule has 16 heavy (non-hydrogen) atoms. The molecule has 0 aromatic rings. The molecule has 0 aromatic heterocycles. The molecule has 1 saturated heterocycles. The third-order valence-electron chi connectivity index (χ3n) is 2.65. The second kappa shape index (κ2) is 6.42. The molecule has 1 heterocycles. The van der Waals surface area contributed by atoms with E-state index in [1.807, 2.05) is 6.92 Å². The number of hydrogen-bond donors (Lipinski definition) is 1. The van der Waals surface area contributed by atoms with Crippen molar-refractivity contribution in [3.63, 3.8) is 0 Å². The zero-order chi connectivity index (χ0) is 12.0. The summed E-state index contributed by atoms with van der Waals surface area (Å²) < 4.78 is 41.0. The van der Waals surface area contributed by atoms with Gasteiger partial charge < -0.3 is 10.1 Å². The molecule has 0 aromatic carbocycles. The van der Waals surface area contributed by atoms with Crippen LogP contribution in [0, 0.1) is 0 Å². The molecule has 96 valence electrons. The lowest BCUT2D eigenvalue weighted by molar-refractivity contribution is -0.125. The van der Waals surface area contributed by atoms with E-state index in [4.69, 9.17) is 4.74 Å². The number of ether oxygens (including phenoxy) is 1. The Hall–Kier alpha value is -0.330. The van der Waals surface area contributed by atoms with Crippen LogP contribution < -0.4 is 5.32 Å². The Balaban J connectivity index is 2.20. The van der Waals surface area contributed by atoms with Crippen LogP contribution in [0.1, 0.15) is 13.3 Å². The van der Waals surface area contributed by atoms with Crippen LogP contribution in [0.2, 0.25) is 0 Å². The predicted molar refractivity (Wildman–Crippen MR) is 55.4 cm³/mol. The molecule has 0 bridgehead atoms. The van der Waals surface area contributed by atoms with Crippen molar-refractivity contribution in [1.29, 1.82) is 0 Å². The topological polar surface area (TPSA) is 24.5 Å². The monoisotopic (exact) mass is 240 g/mol. The lowest BCUT2D eigenvalue weighted by Crippen LogP contribution is -2.43. The van der Waals surface area contributed by atoms with E-state index in [1.54, 1.807) is 0 Å². The van der Waals surface area contributed by atoms with Gasteiger partial charge in [-0.2, -0.15) is 13.2 Å². The lowest BCUT2D eigenvalue weighted by Gasteiger charge is -2.27. The largest absolute Gasteiger partial charge is 0.401 e. The highest BCUT2D eigenvalue weighted by atomic mass is 19.4. The van der Waals surface area contributed by atoms with Crippen molar-refractivity contribution in [1.82, 2.24) is 10.2 Å². The molecule has 1 N–H and O–H groups in total. The molecule has 0 saturated carbocycles. The van der Waals surface area contributed by atoms with Crippen molar-refractivity contribution < 1.29 is 17.9 Å². The number of nitrogens with one attached hydrogen (secondary N) is 1. The minimum absolute atomic E-state index is 0.115. The number of nitrogens with zero attached hydrogens (tertiary/aromatic N) is 1. The summed E-state index contributed by atoms with van der Waals surface area (Å²) in [6, 6.07) is 0.115. The SMILES string of the molecule is CC(CNCC(F)(F)F)N1CCCOCC1. The summed E-state index contributed by atoms with van der Waals surface area (Å²) in [5.74, 6) is 0. The minimum atomic E-state index is -4.12. The van der Waals surface area contributed by atoms with Gasteiger partial charge in [-0.1, -0.05) is 0 Å². The molecule has 1 unspecified atom stereocenters. The summed E-state index contributed by atoms with van der Waals surface area (Å²) in [6.07, 6.45) is -3.18. The first-order chi connectivity index (χ1) is 7.49. The van der Waals surface area contributed by atoms with Crippen LogP contribution in [0.15, 0.2) is 0 Å². The van der Waals surface area contributed by atoms with Crippen LogP contribution in [0.5, 0.6) is 0 Å². The van der Waals surface area contributed by atoms with Gasteiger partial charge in [-0.15, -0.1) is 0 Å². The zero-order valence-electron chi connectivity index (χ0n) is 9.52. The first-order valence-electron chi connectivity index (χ1n) is 5.58. The van der Waals surface area contributed by atoms with E-state index in [0.29, 0.717) is 13.2 Å². The van der Waals surface area contributed by atoms with Gasteiger partial charge in [-0.25, -0.2) is 0 Å². The van der Waals surface area contributed by atoms with Crippen molar-refractivity contribution >= 4 is 0 Å². The highest BCUT2D eigenvalue weighted by molar-refractivity contribution is 4.72.